The maximum Gasteiger partial charge on any atom is 0.0273 e. The van der Waals surface area contributed by atoms with Crippen molar-refractivity contribution in [1.29, 1.82) is 0 Å². The van der Waals surface area contributed by atoms with Crippen LogP contribution in [-0.2, 0) is 6.42 Å². The van der Waals surface area contributed by atoms with Crippen LogP contribution in [0.2, 0.25) is 0 Å². The maximum absolute atomic E-state index is 4.05. The van der Waals surface area contributed by atoms with Crippen LogP contribution in [0.4, 0.5) is 0 Å². The zero-order valence-corrected chi connectivity index (χ0v) is 11.8. The van der Waals surface area contributed by atoms with E-state index in [2.05, 4.69) is 48.3 Å². The molecule has 1 heterocycles. The molecule has 0 fully saturated rings. The number of benzene rings is 1. The van der Waals surface area contributed by atoms with Gasteiger partial charge in [-0.3, -0.25) is 4.98 Å². The van der Waals surface area contributed by atoms with Gasteiger partial charge in [0.25, 0.3) is 0 Å². The molecule has 0 aliphatic rings. The first kappa shape index (κ1) is 13.8. The number of rotatable bonds is 7. The van der Waals surface area contributed by atoms with Gasteiger partial charge in [0.15, 0.2) is 0 Å². The molecule has 2 rings (SSSR count). The van der Waals surface area contributed by atoms with Crippen molar-refractivity contribution in [2.75, 3.05) is 0 Å². The molecule has 1 heteroatoms. The van der Waals surface area contributed by atoms with E-state index in [1.807, 2.05) is 12.4 Å². The average molecular weight is 253 g/mol. The van der Waals surface area contributed by atoms with Crippen molar-refractivity contribution >= 4 is 0 Å². The van der Waals surface area contributed by atoms with E-state index in [0.717, 1.165) is 0 Å². The Morgan fingerprint density at radius 2 is 1.37 bits per heavy atom. The Morgan fingerprint density at radius 3 is 2.05 bits per heavy atom. The summed E-state index contributed by atoms with van der Waals surface area (Å²) >= 11 is 0. The highest BCUT2D eigenvalue weighted by Gasteiger charge is 1.98. The van der Waals surface area contributed by atoms with Gasteiger partial charge in [0.1, 0.15) is 0 Å². The Morgan fingerprint density at radius 1 is 0.737 bits per heavy atom. The number of unbranched alkanes of at least 4 members (excludes halogenated alkanes) is 4. The molecule has 0 saturated heterocycles. The molecule has 0 saturated carbocycles. The summed E-state index contributed by atoms with van der Waals surface area (Å²) in [5.74, 6) is 0. The van der Waals surface area contributed by atoms with Crippen molar-refractivity contribution in [1.82, 2.24) is 4.98 Å². The normalized spacial score (nSPS) is 10.6. The predicted molar refractivity (Wildman–Crippen MR) is 82.1 cm³/mol. The second kappa shape index (κ2) is 7.73. The van der Waals surface area contributed by atoms with Crippen molar-refractivity contribution in [3.05, 3.63) is 54.4 Å². The summed E-state index contributed by atoms with van der Waals surface area (Å²) in [6.07, 6.45) is 11.6. The first-order valence-corrected chi connectivity index (χ1v) is 7.39. The fourth-order valence-corrected chi connectivity index (χ4v) is 2.34. The zero-order valence-electron chi connectivity index (χ0n) is 11.8. The Labute approximate surface area is 116 Å². The molecular weight excluding hydrogens is 230 g/mol. The molecule has 0 unspecified atom stereocenters. The van der Waals surface area contributed by atoms with Gasteiger partial charge < -0.3 is 0 Å². The minimum absolute atomic E-state index is 1.21. The highest BCUT2D eigenvalue weighted by atomic mass is 14.6. The molecular formula is C18H23N. The smallest absolute Gasteiger partial charge is 0.0273 e. The fraction of sp³-hybridized carbons (Fsp3) is 0.389. The van der Waals surface area contributed by atoms with E-state index in [-0.39, 0.29) is 0 Å². The lowest BCUT2D eigenvalue weighted by Crippen LogP contribution is -1.86. The van der Waals surface area contributed by atoms with Crippen LogP contribution in [0.1, 0.15) is 44.6 Å². The van der Waals surface area contributed by atoms with E-state index < -0.39 is 0 Å². The van der Waals surface area contributed by atoms with E-state index in [4.69, 9.17) is 0 Å². The third kappa shape index (κ3) is 4.51. The van der Waals surface area contributed by atoms with Gasteiger partial charge in [-0.2, -0.15) is 0 Å². The van der Waals surface area contributed by atoms with E-state index >= 15 is 0 Å². The minimum Gasteiger partial charge on any atom is -0.265 e. The Hall–Kier alpha value is -1.63. The zero-order chi connectivity index (χ0) is 13.3. The van der Waals surface area contributed by atoms with E-state index in [9.17, 15) is 0 Å². The van der Waals surface area contributed by atoms with Crippen LogP contribution in [0.25, 0.3) is 11.1 Å². The summed E-state index contributed by atoms with van der Waals surface area (Å²) in [7, 11) is 0. The first-order chi connectivity index (χ1) is 9.40. The Bertz CT molecular complexity index is 459. The number of hydrogen-bond acceptors (Lipinski definition) is 1. The molecule has 0 radical (unpaired) electrons. The average Bonchev–Trinajstić information content (AvgIpc) is 2.49. The van der Waals surface area contributed by atoms with Crippen LogP contribution in [-0.4, -0.2) is 4.98 Å². The fourth-order valence-electron chi connectivity index (χ4n) is 2.34. The van der Waals surface area contributed by atoms with Gasteiger partial charge in [-0.1, -0.05) is 56.9 Å². The molecule has 0 atom stereocenters. The molecule has 1 aromatic heterocycles. The summed E-state index contributed by atoms with van der Waals surface area (Å²) in [5.41, 5.74) is 3.97. The summed E-state index contributed by atoms with van der Waals surface area (Å²) in [4.78, 5) is 4.05. The quantitative estimate of drug-likeness (QED) is 0.613. The van der Waals surface area contributed by atoms with Crippen molar-refractivity contribution in [2.45, 2.75) is 45.4 Å². The van der Waals surface area contributed by atoms with Crippen LogP contribution in [0.3, 0.4) is 0 Å². The number of hydrogen-bond donors (Lipinski definition) is 0. The van der Waals surface area contributed by atoms with Gasteiger partial charge in [0.2, 0.25) is 0 Å². The molecule has 0 amide bonds. The lowest BCUT2D eigenvalue weighted by atomic mass is 10.0. The van der Waals surface area contributed by atoms with Crippen LogP contribution in [0, 0.1) is 0 Å². The van der Waals surface area contributed by atoms with Gasteiger partial charge in [-0.15, -0.1) is 0 Å². The Kier molecular flexibility index (Phi) is 5.61. The minimum atomic E-state index is 1.21. The second-order valence-electron chi connectivity index (χ2n) is 5.10. The largest absolute Gasteiger partial charge is 0.265 e. The van der Waals surface area contributed by atoms with Gasteiger partial charge in [0, 0.05) is 12.4 Å². The number of aromatic nitrogens is 1. The molecule has 1 nitrogen and oxygen atoms in total. The third-order valence-corrected chi connectivity index (χ3v) is 3.54. The number of aryl methyl sites for hydroxylation is 1. The summed E-state index contributed by atoms with van der Waals surface area (Å²) in [6, 6.07) is 13.1. The van der Waals surface area contributed by atoms with Crippen molar-refractivity contribution in [3.63, 3.8) is 0 Å². The summed E-state index contributed by atoms with van der Waals surface area (Å²) in [6.45, 7) is 2.26. The molecule has 2 aromatic rings. The molecule has 0 bridgehead atoms. The van der Waals surface area contributed by atoms with Crippen molar-refractivity contribution in [3.8, 4) is 11.1 Å². The number of pyridine rings is 1. The van der Waals surface area contributed by atoms with E-state index in [1.54, 1.807) is 0 Å². The van der Waals surface area contributed by atoms with Crippen LogP contribution >= 0.6 is 0 Å². The van der Waals surface area contributed by atoms with Gasteiger partial charge in [-0.05, 0) is 41.7 Å². The van der Waals surface area contributed by atoms with Crippen LogP contribution in [0.15, 0.2) is 48.8 Å². The first-order valence-electron chi connectivity index (χ1n) is 7.39. The summed E-state index contributed by atoms with van der Waals surface area (Å²) in [5, 5.41) is 0. The van der Waals surface area contributed by atoms with E-state index in [1.165, 1.54) is 55.2 Å². The number of nitrogens with zero attached hydrogens (tertiary/aromatic N) is 1. The molecule has 0 aliphatic heterocycles. The van der Waals surface area contributed by atoms with Crippen LogP contribution in [0.5, 0.6) is 0 Å². The second-order valence-corrected chi connectivity index (χ2v) is 5.10. The van der Waals surface area contributed by atoms with Gasteiger partial charge >= 0.3 is 0 Å². The highest BCUT2D eigenvalue weighted by Crippen LogP contribution is 2.19. The monoisotopic (exact) mass is 253 g/mol. The molecule has 0 spiro atoms. The van der Waals surface area contributed by atoms with Gasteiger partial charge in [0.05, 0.1) is 0 Å². The third-order valence-electron chi connectivity index (χ3n) is 3.54. The van der Waals surface area contributed by atoms with Crippen molar-refractivity contribution < 1.29 is 0 Å². The standard InChI is InChI=1S/C18H23N/c1-2-3-4-5-6-7-16-8-10-17(11-9-16)18-12-14-19-15-13-18/h8-15H,2-7H2,1H3. The van der Waals surface area contributed by atoms with E-state index in [0.29, 0.717) is 0 Å². The van der Waals surface area contributed by atoms with Crippen molar-refractivity contribution in [2.24, 2.45) is 0 Å². The molecule has 100 valence electrons. The molecule has 19 heavy (non-hydrogen) atoms. The predicted octanol–water partition coefficient (Wildman–Crippen LogP) is 5.26. The SMILES string of the molecule is CCCCCCCc1ccc(-c2ccncc2)cc1. The molecule has 1 aromatic carbocycles. The van der Waals surface area contributed by atoms with Gasteiger partial charge in [-0.25, -0.2) is 0 Å². The Balaban J connectivity index is 1.85. The topological polar surface area (TPSA) is 12.9 Å². The molecule has 0 N–H and O–H groups in total. The highest BCUT2D eigenvalue weighted by molar-refractivity contribution is 5.62. The van der Waals surface area contributed by atoms with Crippen LogP contribution < -0.4 is 0 Å². The maximum atomic E-state index is 4.05. The summed E-state index contributed by atoms with van der Waals surface area (Å²) < 4.78 is 0. The lowest BCUT2D eigenvalue weighted by molar-refractivity contribution is 0.632. The lowest BCUT2D eigenvalue weighted by Gasteiger charge is -2.04. The molecule has 0 aliphatic carbocycles.